The number of nitro benzene ring substituents is 1. The molecule has 3 rings (SSSR count). The van der Waals surface area contributed by atoms with Gasteiger partial charge in [0.05, 0.1) is 14.7 Å². The number of hydrogen-bond acceptors (Lipinski definition) is 6. The van der Waals surface area contributed by atoms with Crippen LogP contribution in [0.25, 0.3) is 10.1 Å². The Morgan fingerprint density at radius 2 is 1.86 bits per heavy atom. The third kappa shape index (κ3) is 3.75. The fraction of sp³-hybridized carbons (Fsp3) is 0.167. The van der Waals surface area contributed by atoms with Gasteiger partial charge in [-0.05, 0) is 36.8 Å². The molecule has 0 aliphatic rings. The standard InChI is InChI=1S/C18H17N3O5S2/c1-11-4-6-14(28(25,26)20(2)3)10-15(11)19-18(22)17-9-12-8-13(21(23)24)5-7-16(12)27-17/h4-10H,1-3H3,(H,19,22). The fourth-order valence-corrected chi connectivity index (χ4v) is 4.41. The number of nitrogens with zero attached hydrogens (tertiary/aromatic N) is 2. The van der Waals surface area contributed by atoms with E-state index in [9.17, 15) is 23.3 Å². The minimum Gasteiger partial charge on any atom is -0.321 e. The van der Waals surface area contributed by atoms with Crippen LogP contribution < -0.4 is 5.32 Å². The molecular formula is C18H17N3O5S2. The molecule has 0 radical (unpaired) electrons. The van der Waals surface area contributed by atoms with Crippen LogP contribution in [0, 0.1) is 17.0 Å². The molecule has 1 N–H and O–H groups in total. The van der Waals surface area contributed by atoms with Crippen molar-refractivity contribution in [3.63, 3.8) is 0 Å². The van der Waals surface area contributed by atoms with Crippen LogP contribution in [0.2, 0.25) is 0 Å². The lowest BCUT2D eigenvalue weighted by Gasteiger charge is -2.14. The van der Waals surface area contributed by atoms with Crippen LogP contribution in [0.3, 0.4) is 0 Å². The number of hydrogen-bond donors (Lipinski definition) is 1. The molecule has 0 spiro atoms. The van der Waals surface area contributed by atoms with Crippen LogP contribution in [-0.4, -0.2) is 37.6 Å². The first kappa shape index (κ1) is 19.9. The van der Waals surface area contributed by atoms with Gasteiger partial charge in [0.2, 0.25) is 10.0 Å². The Hall–Kier alpha value is -2.82. The second-order valence-electron chi connectivity index (χ2n) is 6.31. The topological polar surface area (TPSA) is 110 Å². The van der Waals surface area contributed by atoms with Gasteiger partial charge < -0.3 is 5.32 Å². The van der Waals surface area contributed by atoms with E-state index in [4.69, 9.17) is 0 Å². The molecule has 8 nitrogen and oxygen atoms in total. The van der Waals surface area contributed by atoms with Gasteiger partial charge in [0.25, 0.3) is 11.6 Å². The Labute approximate surface area is 165 Å². The third-order valence-corrected chi connectivity index (χ3v) is 7.10. The molecule has 0 fully saturated rings. The van der Waals surface area contributed by atoms with Gasteiger partial charge in [-0.3, -0.25) is 14.9 Å². The van der Waals surface area contributed by atoms with Gasteiger partial charge >= 0.3 is 0 Å². The Kier molecular flexibility index (Phi) is 5.20. The summed E-state index contributed by atoms with van der Waals surface area (Å²) >= 11 is 1.20. The van der Waals surface area contributed by atoms with Crippen molar-refractivity contribution < 1.29 is 18.1 Å². The van der Waals surface area contributed by atoms with Crippen LogP contribution in [0.5, 0.6) is 0 Å². The number of benzene rings is 2. The highest BCUT2D eigenvalue weighted by Gasteiger charge is 2.19. The first-order valence-electron chi connectivity index (χ1n) is 8.12. The fourth-order valence-electron chi connectivity index (χ4n) is 2.55. The minimum absolute atomic E-state index is 0.0466. The second kappa shape index (κ2) is 7.30. The van der Waals surface area contributed by atoms with Gasteiger partial charge in [-0.25, -0.2) is 12.7 Å². The summed E-state index contributed by atoms with van der Waals surface area (Å²) in [6, 6.07) is 10.5. The molecule has 1 heterocycles. The molecule has 0 atom stereocenters. The monoisotopic (exact) mass is 419 g/mol. The summed E-state index contributed by atoms with van der Waals surface area (Å²) in [5.74, 6) is -0.411. The highest BCUT2D eigenvalue weighted by atomic mass is 32.2. The summed E-state index contributed by atoms with van der Waals surface area (Å²) in [5.41, 5.74) is 1.05. The van der Waals surface area contributed by atoms with Crippen LogP contribution in [0.1, 0.15) is 15.2 Å². The van der Waals surface area contributed by atoms with Crippen molar-refractivity contribution in [2.75, 3.05) is 19.4 Å². The van der Waals surface area contributed by atoms with E-state index in [1.807, 2.05) is 0 Å². The summed E-state index contributed by atoms with van der Waals surface area (Å²) in [7, 11) is -0.760. The number of rotatable bonds is 5. The number of aryl methyl sites for hydroxylation is 1. The molecule has 1 aromatic heterocycles. The van der Waals surface area contributed by atoms with Crippen LogP contribution >= 0.6 is 11.3 Å². The maximum absolute atomic E-state index is 12.7. The normalized spacial score (nSPS) is 11.7. The van der Waals surface area contributed by atoms with E-state index in [0.29, 0.717) is 21.5 Å². The smallest absolute Gasteiger partial charge is 0.270 e. The van der Waals surface area contributed by atoms with E-state index in [0.717, 1.165) is 9.01 Å². The Morgan fingerprint density at radius 3 is 2.50 bits per heavy atom. The summed E-state index contributed by atoms with van der Waals surface area (Å²) in [5, 5.41) is 14.2. The van der Waals surface area contributed by atoms with Crippen LogP contribution in [0.15, 0.2) is 47.4 Å². The van der Waals surface area contributed by atoms with Gasteiger partial charge in [-0.2, -0.15) is 0 Å². The van der Waals surface area contributed by atoms with Crippen molar-refractivity contribution in [3.05, 3.63) is 63.0 Å². The number of sulfonamides is 1. The highest BCUT2D eigenvalue weighted by Crippen LogP contribution is 2.30. The number of fused-ring (bicyclic) bond motifs is 1. The highest BCUT2D eigenvalue weighted by molar-refractivity contribution is 7.89. The van der Waals surface area contributed by atoms with Crippen molar-refractivity contribution in [2.24, 2.45) is 0 Å². The largest absolute Gasteiger partial charge is 0.321 e. The van der Waals surface area contributed by atoms with Crippen molar-refractivity contribution in [2.45, 2.75) is 11.8 Å². The van der Waals surface area contributed by atoms with E-state index in [1.54, 1.807) is 25.1 Å². The van der Waals surface area contributed by atoms with E-state index >= 15 is 0 Å². The maximum Gasteiger partial charge on any atom is 0.270 e. The molecule has 0 saturated carbocycles. The number of carbonyl (C=O) groups excluding carboxylic acids is 1. The van der Waals surface area contributed by atoms with Crippen LogP contribution in [0.4, 0.5) is 11.4 Å². The van der Waals surface area contributed by atoms with Gasteiger partial charge in [-0.1, -0.05) is 6.07 Å². The predicted molar refractivity (Wildman–Crippen MR) is 108 cm³/mol. The maximum atomic E-state index is 12.7. The van der Waals surface area contributed by atoms with Crippen LogP contribution in [-0.2, 0) is 10.0 Å². The van der Waals surface area contributed by atoms with E-state index < -0.39 is 20.9 Å². The van der Waals surface area contributed by atoms with Crippen molar-refractivity contribution in [3.8, 4) is 0 Å². The van der Waals surface area contributed by atoms with Gasteiger partial charge in [0.15, 0.2) is 0 Å². The molecular weight excluding hydrogens is 402 g/mol. The number of carbonyl (C=O) groups is 1. The molecule has 28 heavy (non-hydrogen) atoms. The summed E-state index contributed by atoms with van der Waals surface area (Å²) in [6.07, 6.45) is 0. The lowest BCUT2D eigenvalue weighted by atomic mass is 10.2. The molecule has 0 saturated heterocycles. The van der Waals surface area contributed by atoms with Crippen molar-refractivity contribution >= 4 is 48.7 Å². The molecule has 0 unspecified atom stereocenters. The summed E-state index contributed by atoms with van der Waals surface area (Å²) in [6.45, 7) is 1.76. The molecule has 0 aliphatic carbocycles. The van der Waals surface area contributed by atoms with Crippen molar-refractivity contribution in [1.82, 2.24) is 4.31 Å². The average Bonchev–Trinajstić information content (AvgIpc) is 3.06. The number of anilines is 1. The van der Waals surface area contributed by atoms with Gasteiger partial charge in [0.1, 0.15) is 0 Å². The number of thiophene rings is 1. The first-order valence-corrected chi connectivity index (χ1v) is 10.4. The molecule has 146 valence electrons. The first-order chi connectivity index (χ1) is 13.1. The molecule has 0 aliphatic heterocycles. The number of amides is 1. The zero-order chi connectivity index (χ0) is 20.6. The van der Waals surface area contributed by atoms with E-state index in [-0.39, 0.29) is 10.6 Å². The minimum atomic E-state index is -3.63. The lowest BCUT2D eigenvalue weighted by Crippen LogP contribution is -2.22. The number of nitrogens with one attached hydrogen (secondary N) is 1. The third-order valence-electron chi connectivity index (χ3n) is 4.17. The van der Waals surface area contributed by atoms with Gasteiger partial charge in [-0.15, -0.1) is 11.3 Å². The quantitative estimate of drug-likeness (QED) is 0.502. The Morgan fingerprint density at radius 1 is 1.14 bits per heavy atom. The predicted octanol–water partition coefficient (Wildman–Crippen LogP) is 3.62. The molecule has 3 aromatic rings. The van der Waals surface area contributed by atoms with E-state index in [2.05, 4.69) is 5.32 Å². The average molecular weight is 419 g/mol. The Bertz CT molecular complexity index is 1200. The second-order valence-corrected chi connectivity index (χ2v) is 9.54. The van der Waals surface area contributed by atoms with E-state index in [1.165, 1.54) is 49.7 Å². The molecule has 0 bridgehead atoms. The molecule has 10 heteroatoms. The zero-order valence-electron chi connectivity index (χ0n) is 15.3. The summed E-state index contributed by atoms with van der Waals surface area (Å²) in [4.78, 5) is 23.5. The van der Waals surface area contributed by atoms with Crippen molar-refractivity contribution in [1.29, 1.82) is 0 Å². The number of non-ortho nitro benzene ring substituents is 1. The SMILES string of the molecule is Cc1ccc(S(=O)(=O)N(C)C)cc1NC(=O)c1cc2cc([N+](=O)[O-])ccc2s1. The zero-order valence-corrected chi connectivity index (χ0v) is 16.9. The molecule has 2 aromatic carbocycles. The number of nitro groups is 1. The molecule has 1 amide bonds. The van der Waals surface area contributed by atoms with Gasteiger partial charge in [0, 0.05) is 42.0 Å². The Balaban J connectivity index is 1.93. The lowest BCUT2D eigenvalue weighted by molar-refractivity contribution is -0.384. The summed E-state index contributed by atoms with van der Waals surface area (Å²) < 4.78 is 26.5.